The van der Waals surface area contributed by atoms with E-state index in [1.54, 1.807) is 6.20 Å². The van der Waals surface area contributed by atoms with Crippen molar-refractivity contribution < 1.29 is 4.79 Å². The first-order valence-corrected chi connectivity index (χ1v) is 10.5. The summed E-state index contributed by atoms with van der Waals surface area (Å²) in [6, 6.07) is 14.3. The zero-order valence-corrected chi connectivity index (χ0v) is 17.6. The lowest BCUT2D eigenvalue weighted by Crippen LogP contribution is -2.36. The van der Waals surface area contributed by atoms with E-state index in [-0.39, 0.29) is 29.0 Å². The molecule has 0 fully saturated rings. The van der Waals surface area contributed by atoms with Gasteiger partial charge in [-0.25, -0.2) is 0 Å². The quantitative estimate of drug-likeness (QED) is 0.630. The Morgan fingerprint density at radius 3 is 2.79 bits per heavy atom. The van der Waals surface area contributed by atoms with Crippen LogP contribution >= 0.6 is 15.9 Å². The summed E-state index contributed by atoms with van der Waals surface area (Å²) in [6.07, 6.45) is 4.31. The average molecular weight is 439 g/mol. The van der Waals surface area contributed by atoms with Gasteiger partial charge >= 0.3 is 0 Å². The average Bonchev–Trinajstić information content (AvgIpc) is 2.98. The van der Waals surface area contributed by atoms with Crippen LogP contribution in [0, 0.1) is 0 Å². The van der Waals surface area contributed by atoms with Gasteiger partial charge in [0.15, 0.2) is 0 Å². The standard InChI is InChI=1S/C23H23BrN2O2/c1-14(8-9-16-6-4-3-5-7-16)25-23(28)20-13-26-15(2)10-17-11-18(24)12-19(21(17)26)22(20)27/h3-7,11-15H,8-10H2,1-2H3,(H,25,28)/t14-,15-/m0/s1. The Labute approximate surface area is 172 Å². The molecule has 5 heteroatoms. The molecule has 2 atom stereocenters. The van der Waals surface area contributed by atoms with Crippen LogP contribution in [0.4, 0.5) is 0 Å². The van der Waals surface area contributed by atoms with Crippen molar-refractivity contribution in [1.82, 2.24) is 9.88 Å². The van der Waals surface area contributed by atoms with Gasteiger partial charge in [0.1, 0.15) is 5.56 Å². The predicted octanol–water partition coefficient (Wildman–Crippen LogP) is 4.63. The minimum absolute atomic E-state index is 0.0168. The van der Waals surface area contributed by atoms with Crippen LogP contribution in [0.15, 0.2) is 57.9 Å². The minimum atomic E-state index is -0.295. The van der Waals surface area contributed by atoms with Crippen molar-refractivity contribution in [3.63, 3.8) is 0 Å². The molecule has 3 aromatic rings. The fraction of sp³-hybridized carbons (Fsp3) is 0.304. The summed E-state index contributed by atoms with van der Waals surface area (Å²) in [5.74, 6) is -0.295. The zero-order chi connectivity index (χ0) is 19.8. The van der Waals surface area contributed by atoms with Crippen LogP contribution in [0.1, 0.15) is 47.8 Å². The lowest BCUT2D eigenvalue weighted by Gasteiger charge is -2.16. The van der Waals surface area contributed by atoms with Crippen LogP contribution in [-0.4, -0.2) is 16.5 Å². The molecule has 0 bridgehead atoms. The number of halogens is 1. The van der Waals surface area contributed by atoms with E-state index in [2.05, 4.69) is 50.9 Å². The number of amides is 1. The highest BCUT2D eigenvalue weighted by Gasteiger charge is 2.25. The highest BCUT2D eigenvalue weighted by atomic mass is 79.9. The molecule has 0 saturated heterocycles. The maximum atomic E-state index is 13.0. The highest BCUT2D eigenvalue weighted by molar-refractivity contribution is 9.10. The Hall–Kier alpha value is -2.40. The van der Waals surface area contributed by atoms with Gasteiger partial charge in [-0.05, 0) is 56.4 Å². The molecule has 0 radical (unpaired) electrons. The smallest absolute Gasteiger partial charge is 0.256 e. The second-order valence-electron chi connectivity index (χ2n) is 7.69. The number of carbonyl (C=O) groups is 1. The number of nitrogens with one attached hydrogen (secondary N) is 1. The first kappa shape index (κ1) is 18.9. The third-order valence-corrected chi connectivity index (χ3v) is 5.95. The molecule has 1 N–H and O–H groups in total. The van der Waals surface area contributed by atoms with Crippen LogP contribution in [0.3, 0.4) is 0 Å². The van der Waals surface area contributed by atoms with Crippen LogP contribution in [0.25, 0.3) is 10.9 Å². The largest absolute Gasteiger partial charge is 0.349 e. The first-order valence-electron chi connectivity index (χ1n) is 9.66. The molecule has 4 rings (SSSR count). The van der Waals surface area contributed by atoms with Gasteiger partial charge in [0.25, 0.3) is 5.91 Å². The number of carbonyl (C=O) groups excluding carboxylic acids is 1. The summed E-state index contributed by atoms with van der Waals surface area (Å²) >= 11 is 3.50. The van der Waals surface area contributed by atoms with Crippen molar-refractivity contribution >= 4 is 32.7 Å². The minimum Gasteiger partial charge on any atom is -0.349 e. The Morgan fingerprint density at radius 2 is 2.04 bits per heavy atom. The Bertz CT molecular complexity index is 1110. The van der Waals surface area contributed by atoms with E-state index in [0.717, 1.165) is 34.8 Å². The SMILES string of the molecule is C[C@@H](CCc1ccccc1)NC(=O)c1cn2c3c(cc(Br)cc3c1=O)C[C@@H]2C. The maximum Gasteiger partial charge on any atom is 0.256 e. The summed E-state index contributed by atoms with van der Waals surface area (Å²) in [5.41, 5.74) is 3.37. The number of benzene rings is 2. The number of rotatable bonds is 5. The molecule has 0 saturated carbocycles. The first-order chi connectivity index (χ1) is 13.4. The van der Waals surface area contributed by atoms with Crippen molar-refractivity contribution in [1.29, 1.82) is 0 Å². The van der Waals surface area contributed by atoms with Crippen molar-refractivity contribution in [2.45, 2.75) is 45.2 Å². The van der Waals surface area contributed by atoms with Crippen molar-refractivity contribution in [2.24, 2.45) is 0 Å². The Kier molecular flexibility index (Phi) is 5.11. The monoisotopic (exact) mass is 438 g/mol. The fourth-order valence-electron chi connectivity index (χ4n) is 4.02. The third kappa shape index (κ3) is 3.51. The zero-order valence-electron chi connectivity index (χ0n) is 16.0. The number of aromatic nitrogens is 1. The number of nitrogens with zero attached hydrogens (tertiary/aromatic N) is 1. The van der Waals surface area contributed by atoms with Crippen LogP contribution < -0.4 is 10.7 Å². The van der Waals surface area contributed by atoms with E-state index < -0.39 is 0 Å². The molecule has 144 valence electrons. The molecule has 2 heterocycles. The second kappa shape index (κ2) is 7.55. The van der Waals surface area contributed by atoms with Crippen LogP contribution in [-0.2, 0) is 12.8 Å². The number of pyridine rings is 1. The van der Waals surface area contributed by atoms with Crippen LogP contribution in [0.2, 0.25) is 0 Å². The lowest BCUT2D eigenvalue weighted by molar-refractivity contribution is 0.0936. The topological polar surface area (TPSA) is 51.1 Å². The fourth-order valence-corrected chi connectivity index (χ4v) is 4.53. The van der Waals surface area contributed by atoms with Crippen molar-refractivity contribution in [3.05, 3.63) is 80.0 Å². The highest BCUT2D eigenvalue weighted by Crippen LogP contribution is 2.33. The van der Waals surface area contributed by atoms with Gasteiger partial charge in [0.2, 0.25) is 5.43 Å². The van der Waals surface area contributed by atoms with Crippen molar-refractivity contribution in [2.75, 3.05) is 0 Å². The third-order valence-electron chi connectivity index (χ3n) is 5.49. The molecule has 1 amide bonds. The van der Waals surface area contributed by atoms with Gasteiger partial charge < -0.3 is 9.88 Å². The summed E-state index contributed by atoms with van der Waals surface area (Å²) in [5, 5.41) is 3.62. The van der Waals surface area contributed by atoms with Gasteiger partial charge in [0.05, 0.1) is 5.52 Å². The molecule has 0 unspecified atom stereocenters. The van der Waals surface area contributed by atoms with Crippen LogP contribution in [0.5, 0.6) is 0 Å². The summed E-state index contributed by atoms with van der Waals surface area (Å²) < 4.78 is 2.95. The Morgan fingerprint density at radius 1 is 1.29 bits per heavy atom. The molecule has 2 aromatic carbocycles. The number of hydrogen-bond donors (Lipinski definition) is 1. The van der Waals surface area contributed by atoms with Gasteiger partial charge in [-0.3, -0.25) is 9.59 Å². The molecule has 1 aliphatic rings. The Balaban J connectivity index is 1.58. The molecular weight excluding hydrogens is 416 g/mol. The van der Waals surface area contributed by atoms with Gasteiger partial charge in [0, 0.05) is 28.1 Å². The summed E-state index contributed by atoms with van der Waals surface area (Å²) in [7, 11) is 0. The molecule has 0 spiro atoms. The lowest BCUT2D eigenvalue weighted by atomic mass is 10.1. The maximum absolute atomic E-state index is 13.0. The molecule has 1 aliphatic heterocycles. The van der Waals surface area contributed by atoms with Gasteiger partial charge in [-0.15, -0.1) is 0 Å². The summed E-state index contributed by atoms with van der Waals surface area (Å²) in [6.45, 7) is 4.10. The van der Waals surface area contributed by atoms with E-state index in [0.29, 0.717) is 5.39 Å². The predicted molar refractivity (Wildman–Crippen MR) is 116 cm³/mol. The van der Waals surface area contributed by atoms with E-state index in [9.17, 15) is 9.59 Å². The number of hydrogen-bond acceptors (Lipinski definition) is 2. The molecule has 28 heavy (non-hydrogen) atoms. The molecule has 4 nitrogen and oxygen atoms in total. The molecule has 0 aliphatic carbocycles. The summed E-state index contributed by atoms with van der Waals surface area (Å²) in [4.78, 5) is 25.9. The van der Waals surface area contributed by atoms with E-state index >= 15 is 0 Å². The van der Waals surface area contributed by atoms with E-state index in [4.69, 9.17) is 0 Å². The molecule has 1 aromatic heterocycles. The van der Waals surface area contributed by atoms with Crippen molar-refractivity contribution in [3.8, 4) is 0 Å². The van der Waals surface area contributed by atoms with Gasteiger partial charge in [-0.1, -0.05) is 46.3 Å². The molecular formula is C23H23BrN2O2. The van der Waals surface area contributed by atoms with E-state index in [1.165, 1.54) is 5.56 Å². The number of aryl methyl sites for hydroxylation is 1. The second-order valence-corrected chi connectivity index (χ2v) is 8.61. The van der Waals surface area contributed by atoms with E-state index in [1.807, 2.05) is 31.2 Å². The van der Waals surface area contributed by atoms with Gasteiger partial charge in [-0.2, -0.15) is 0 Å². The normalized spacial score (nSPS) is 16.3.